The van der Waals surface area contributed by atoms with Crippen LogP contribution < -0.4 is 5.32 Å². The van der Waals surface area contributed by atoms with Crippen molar-refractivity contribution in [3.8, 4) is 22.8 Å². The third kappa shape index (κ3) is 6.84. The summed E-state index contributed by atoms with van der Waals surface area (Å²) >= 11 is 6.27. The van der Waals surface area contributed by atoms with Crippen LogP contribution in [-0.4, -0.2) is 63.4 Å². The number of tetrazole rings is 1. The van der Waals surface area contributed by atoms with Crippen LogP contribution in [0.2, 0.25) is 5.02 Å². The molecule has 0 fully saturated rings. The molecule has 2 aromatic carbocycles. The van der Waals surface area contributed by atoms with Crippen molar-refractivity contribution in [2.24, 2.45) is 0 Å². The fourth-order valence-electron chi connectivity index (χ4n) is 4.64. The molecule has 0 saturated carbocycles. The smallest absolute Gasteiger partial charge is 0.305 e. The van der Waals surface area contributed by atoms with Crippen LogP contribution in [0.3, 0.4) is 0 Å². The van der Waals surface area contributed by atoms with Crippen molar-refractivity contribution < 1.29 is 14.7 Å². The summed E-state index contributed by atoms with van der Waals surface area (Å²) in [5.41, 5.74) is 4.19. The number of nitrogens with zero attached hydrogens (tertiary/aromatic N) is 7. The molecule has 0 aliphatic rings. The van der Waals surface area contributed by atoms with Crippen molar-refractivity contribution in [1.82, 2.24) is 45.7 Å². The van der Waals surface area contributed by atoms with Crippen molar-refractivity contribution in [3.05, 3.63) is 94.5 Å². The van der Waals surface area contributed by atoms with E-state index in [1.165, 1.54) is 0 Å². The van der Waals surface area contributed by atoms with E-state index in [1.807, 2.05) is 43.3 Å². The zero-order chi connectivity index (χ0) is 29.5. The summed E-state index contributed by atoms with van der Waals surface area (Å²) in [5, 5.41) is 31.4. The van der Waals surface area contributed by atoms with Gasteiger partial charge in [0.1, 0.15) is 5.69 Å². The van der Waals surface area contributed by atoms with Crippen molar-refractivity contribution in [2.45, 2.75) is 45.2 Å². The highest BCUT2D eigenvalue weighted by Gasteiger charge is 2.22. The molecule has 3 N–H and O–H groups in total. The molecular weight excluding hydrogens is 558 g/mol. The van der Waals surface area contributed by atoms with Gasteiger partial charge in [-0.1, -0.05) is 67.4 Å². The lowest BCUT2D eigenvalue weighted by molar-refractivity contribution is -0.137. The van der Waals surface area contributed by atoms with Gasteiger partial charge in [0, 0.05) is 45.8 Å². The molecule has 1 amide bonds. The topological polar surface area (TPSA) is 164 Å². The molecule has 12 nitrogen and oxygen atoms in total. The number of carbonyl (C=O) groups is 2. The second-order valence-electron chi connectivity index (χ2n) is 9.70. The van der Waals surface area contributed by atoms with Crippen LogP contribution in [-0.2, 0) is 24.2 Å². The highest BCUT2D eigenvalue weighted by atomic mass is 35.5. The van der Waals surface area contributed by atoms with E-state index < -0.39 is 17.9 Å². The number of carboxylic acid groups (broad SMARTS) is 1. The first-order valence-electron chi connectivity index (χ1n) is 13.4. The summed E-state index contributed by atoms with van der Waals surface area (Å²) in [6.07, 6.45) is 5.03. The molecule has 0 aliphatic heterocycles. The number of benzene rings is 2. The van der Waals surface area contributed by atoms with Gasteiger partial charge in [0.15, 0.2) is 11.6 Å². The van der Waals surface area contributed by atoms with Crippen LogP contribution in [0.25, 0.3) is 22.8 Å². The lowest BCUT2D eigenvalue weighted by atomic mass is 10.0. The van der Waals surface area contributed by atoms with Gasteiger partial charge in [-0.3, -0.25) is 14.3 Å². The number of aromatic amines is 1. The van der Waals surface area contributed by atoms with E-state index >= 15 is 0 Å². The molecule has 0 radical (unpaired) electrons. The summed E-state index contributed by atoms with van der Waals surface area (Å²) < 4.78 is 1.76. The van der Waals surface area contributed by atoms with Crippen molar-refractivity contribution >= 4 is 23.5 Å². The molecular formula is C29H28ClN9O3. The third-order valence-electron chi connectivity index (χ3n) is 6.59. The summed E-state index contributed by atoms with van der Waals surface area (Å²) in [4.78, 5) is 33.9. The van der Waals surface area contributed by atoms with Gasteiger partial charge < -0.3 is 10.4 Å². The molecule has 1 atom stereocenters. The molecule has 13 heteroatoms. The predicted molar refractivity (Wildman–Crippen MR) is 155 cm³/mol. The monoisotopic (exact) mass is 585 g/mol. The largest absolute Gasteiger partial charge is 0.481 e. The molecule has 0 spiro atoms. The molecule has 3 heterocycles. The third-order valence-corrected chi connectivity index (χ3v) is 6.96. The molecule has 5 rings (SSSR count). The molecule has 0 saturated heterocycles. The number of halogens is 1. The van der Waals surface area contributed by atoms with Gasteiger partial charge in [0.25, 0.3) is 5.91 Å². The van der Waals surface area contributed by atoms with E-state index in [-0.39, 0.29) is 18.5 Å². The van der Waals surface area contributed by atoms with E-state index in [2.05, 4.69) is 41.0 Å². The zero-order valence-corrected chi connectivity index (χ0v) is 23.5. The van der Waals surface area contributed by atoms with Crippen LogP contribution in [0.1, 0.15) is 47.1 Å². The van der Waals surface area contributed by atoms with Gasteiger partial charge in [-0.25, -0.2) is 15.1 Å². The number of hydrogen-bond donors (Lipinski definition) is 3. The number of carboxylic acids is 1. The van der Waals surface area contributed by atoms with Gasteiger partial charge in [-0.2, -0.15) is 5.10 Å². The Hall–Kier alpha value is -4.97. The molecule has 3 aromatic heterocycles. The lowest BCUT2D eigenvalue weighted by Gasteiger charge is -2.17. The number of amides is 1. The second kappa shape index (κ2) is 13.1. The Balaban J connectivity index is 1.33. The Bertz CT molecular complexity index is 1670. The Morgan fingerprint density at radius 3 is 2.50 bits per heavy atom. The number of aromatic nitrogens is 8. The highest BCUT2D eigenvalue weighted by molar-refractivity contribution is 6.31. The molecule has 0 aliphatic carbocycles. The Labute approximate surface area is 246 Å². The fraction of sp³-hybridized carbons (Fsp3) is 0.241. The van der Waals surface area contributed by atoms with Crippen LogP contribution in [0, 0.1) is 0 Å². The van der Waals surface area contributed by atoms with E-state index in [9.17, 15) is 14.7 Å². The van der Waals surface area contributed by atoms with Crippen LogP contribution in [0.4, 0.5) is 0 Å². The number of aryl methyl sites for hydroxylation is 1. The summed E-state index contributed by atoms with van der Waals surface area (Å²) in [6, 6.07) is 15.8. The average Bonchev–Trinajstić information content (AvgIpc) is 3.66. The first-order chi connectivity index (χ1) is 20.4. The minimum Gasteiger partial charge on any atom is -0.481 e. The van der Waals surface area contributed by atoms with Gasteiger partial charge in [-0.05, 0) is 41.0 Å². The maximum absolute atomic E-state index is 13.2. The number of rotatable bonds is 12. The van der Waals surface area contributed by atoms with E-state index in [4.69, 9.17) is 11.6 Å². The SMILES string of the molecule is CCCc1cc(C(=O)NC(CC(=O)O)Cc2ccccc2Cl)nn1Cc1cnc(-c2ccccc2-c2nnn[nH]2)nc1. The quantitative estimate of drug-likeness (QED) is 0.196. The Morgan fingerprint density at radius 2 is 1.81 bits per heavy atom. The minimum absolute atomic E-state index is 0.208. The summed E-state index contributed by atoms with van der Waals surface area (Å²) in [7, 11) is 0. The molecule has 0 bridgehead atoms. The van der Waals surface area contributed by atoms with Gasteiger partial charge in [0.2, 0.25) is 0 Å². The molecule has 5 aromatic rings. The molecule has 1 unspecified atom stereocenters. The number of H-pyrrole nitrogens is 1. The average molecular weight is 586 g/mol. The predicted octanol–water partition coefficient (Wildman–Crippen LogP) is 3.99. The van der Waals surface area contributed by atoms with E-state index in [0.717, 1.165) is 34.4 Å². The number of nitrogens with one attached hydrogen (secondary N) is 2. The molecule has 214 valence electrons. The standard InChI is InChI=1S/C29H28ClN9O3/c1-2-7-21-14-25(29(42)33-20(13-26(40)41)12-19-8-3-6-11-24(19)30)36-39(21)17-18-15-31-27(32-16-18)22-9-4-5-10-23(22)28-34-37-38-35-28/h3-6,8-11,14-16,20H,2,7,12-13,17H2,1H3,(H,33,42)(H,40,41)(H,34,35,37,38). The Morgan fingerprint density at radius 1 is 1.07 bits per heavy atom. The highest BCUT2D eigenvalue weighted by Crippen LogP contribution is 2.27. The summed E-state index contributed by atoms with van der Waals surface area (Å²) in [5.74, 6) is -0.437. The first kappa shape index (κ1) is 28.6. The van der Waals surface area contributed by atoms with Crippen molar-refractivity contribution in [1.29, 1.82) is 0 Å². The Kier molecular flexibility index (Phi) is 8.93. The van der Waals surface area contributed by atoms with Gasteiger partial charge in [-0.15, -0.1) is 5.10 Å². The van der Waals surface area contributed by atoms with Crippen molar-refractivity contribution in [2.75, 3.05) is 0 Å². The maximum Gasteiger partial charge on any atom is 0.305 e. The van der Waals surface area contributed by atoms with E-state index in [1.54, 1.807) is 35.3 Å². The maximum atomic E-state index is 13.2. The van der Waals surface area contributed by atoms with E-state index in [0.29, 0.717) is 29.6 Å². The summed E-state index contributed by atoms with van der Waals surface area (Å²) in [6.45, 7) is 2.40. The van der Waals surface area contributed by atoms with Crippen molar-refractivity contribution in [3.63, 3.8) is 0 Å². The van der Waals surface area contributed by atoms with Gasteiger partial charge >= 0.3 is 5.97 Å². The number of hydrogen-bond acceptors (Lipinski definition) is 8. The lowest BCUT2D eigenvalue weighted by Crippen LogP contribution is -2.38. The normalized spacial score (nSPS) is 11.8. The van der Waals surface area contributed by atoms with Crippen LogP contribution >= 0.6 is 11.6 Å². The number of carbonyl (C=O) groups excluding carboxylic acids is 1. The minimum atomic E-state index is -1.02. The van der Waals surface area contributed by atoms with Crippen LogP contribution in [0.15, 0.2) is 67.0 Å². The fourth-order valence-corrected chi connectivity index (χ4v) is 4.85. The number of aliphatic carboxylic acids is 1. The zero-order valence-electron chi connectivity index (χ0n) is 22.7. The second-order valence-corrected chi connectivity index (χ2v) is 10.1. The van der Waals surface area contributed by atoms with Crippen LogP contribution in [0.5, 0.6) is 0 Å². The first-order valence-corrected chi connectivity index (χ1v) is 13.8. The van der Waals surface area contributed by atoms with Gasteiger partial charge in [0.05, 0.1) is 13.0 Å². The molecule has 42 heavy (non-hydrogen) atoms.